The molecular formula is C10H12N2O2S. The Morgan fingerprint density at radius 2 is 2.20 bits per heavy atom. The van der Waals surface area contributed by atoms with Gasteiger partial charge in [0.15, 0.2) is 11.5 Å². The summed E-state index contributed by atoms with van der Waals surface area (Å²) in [6, 6.07) is 3.99. The van der Waals surface area contributed by atoms with E-state index in [9.17, 15) is 0 Å². The standard InChI is InChI=1S/C10H12N2O2S/c1-12-8-7(15-10(12)11)3-2-6-9(8)14-5-4-13-6/h2-3,10H,4-5,11H2,1H3. The average Bonchev–Trinajstić information content (AvgIpc) is 2.55. The van der Waals surface area contributed by atoms with Gasteiger partial charge in [0.1, 0.15) is 18.7 Å². The van der Waals surface area contributed by atoms with Gasteiger partial charge in [-0.1, -0.05) is 11.8 Å². The Kier molecular flexibility index (Phi) is 1.97. The first-order chi connectivity index (χ1) is 7.27. The SMILES string of the molecule is CN1c2c(ccc3c2OCCO3)SC1N. The highest BCUT2D eigenvalue weighted by molar-refractivity contribution is 8.00. The highest BCUT2D eigenvalue weighted by Crippen LogP contribution is 2.50. The van der Waals surface area contributed by atoms with Gasteiger partial charge in [0.05, 0.1) is 5.69 Å². The molecule has 2 aliphatic heterocycles. The number of nitrogens with zero attached hydrogens (tertiary/aromatic N) is 1. The van der Waals surface area contributed by atoms with Crippen LogP contribution in [0.3, 0.4) is 0 Å². The van der Waals surface area contributed by atoms with E-state index in [1.807, 2.05) is 24.1 Å². The monoisotopic (exact) mass is 224 g/mol. The molecule has 0 fully saturated rings. The molecule has 0 spiro atoms. The first kappa shape index (κ1) is 9.18. The van der Waals surface area contributed by atoms with E-state index in [-0.39, 0.29) is 5.50 Å². The lowest BCUT2D eigenvalue weighted by molar-refractivity contribution is 0.172. The van der Waals surface area contributed by atoms with Crippen LogP contribution in [0.1, 0.15) is 0 Å². The number of anilines is 1. The summed E-state index contributed by atoms with van der Waals surface area (Å²) in [6.07, 6.45) is 0. The van der Waals surface area contributed by atoms with Gasteiger partial charge in [-0.15, -0.1) is 0 Å². The summed E-state index contributed by atoms with van der Waals surface area (Å²) in [7, 11) is 1.97. The van der Waals surface area contributed by atoms with Crippen molar-refractivity contribution < 1.29 is 9.47 Å². The molecule has 1 unspecified atom stereocenters. The van der Waals surface area contributed by atoms with Crippen molar-refractivity contribution in [3.8, 4) is 11.5 Å². The lowest BCUT2D eigenvalue weighted by Gasteiger charge is -2.24. The van der Waals surface area contributed by atoms with Crippen LogP contribution >= 0.6 is 11.8 Å². The third kappa shape index (κ3) is 1.27. The van der Waals surface area contributed by atoms with Gasteiger partial charge < -0.3 is 20.1 Å². The number of thioether (sulfide) groups is 1. The molecule has 0 aliphatic carbocycles. The maximum Gasteiger partial charge on any atom is 0.185 e. The molecule has 1 atom stereocenters. The maximum atomic E-state index is 5.95. The molecule has 3 rings (SSSR count). The van der Waals surface area contributed by atoms with Crippen LogP contribution in [0.25, 0.3) is 0 Å². The minimum atomic E-state index is -0.0305. The van der Waals surface area contributed by atoms with Crippen molar-refractivity contribution in [3.05, 3.63) is 12.1 Å². The van der Waals surface area contributed by atoms with Crippen molar-refractivity contribution in [2.75, 3.05) is 25.2 Å². The highest BCUT2D eigenvalue weighted by Gasteiger charge is 2.31. The van der Waals surface area contributed by atoms with Crippen molar-refractivity contribution in [3.63, 3.8) is 0 Å². The molecule has 5 heteroatoms. The normalized spacial score (nSPS) is 22.8. The van der Waals surface area contributed by atoms with Crippen molar-refractivity contribution in [2.45, 2.75) is 10.4 Å². The number of fused-ring (bicyclic) bond motifs is 3. The predicted molar refractivity (Wildman–Crippen MR) is 59.7 cm³/mol. The summed E-state index contributed by atoms with van der Waals surface area (Å²) in [4.78, 5) is 3.18. The van der Waals surface area contributed by atoms with Crippen LogP contribution in [0.15, 0.2) is 17.0 Å². The maximum absolute atomic E-state index is 5.95. The lowest BCUT2D eigenvalue weighted by Crippen LogP contribution is -2.32. The van der Waals surface area contributed by atoms with Crippen LogP contribution in [0, 0.1) is 0 Å². The van der Waals surface area contributed by atoms with Crippen molar-refractivity contribution in [1.82, 2.24) is 0 Å². The fourth-order valence-electron chi connectivity index (χ4n) is 1.85. The van der Waals surface area contributed by atoms with Crippen LogP contribution in [0.5, 0.6) is 11.5 Å². The zero-order chi connectivity index (χ0) is 10.4. The van der Waals surface area contributed by atoms with Gasteiger partial charge >= 0.3 is 0 Å². The van der Waals surface area contributed by atoms with Crippen molar-refractivity contribution >= 4 is 17.4 Å². The fraction of sp³-hybridized carbons (Fsp3) is 0.400. The molecule has 0 saturated heterocycles. The quantitative estimate of drug-likeness (QED) is 0.718. The molecule has 2 aliphatic rings. The molecule has 0 bridgehead atoms. The first-order valence-electron chi connectivity index (χ1n) is 4.85. The first-order valence-corrected chi connectivity index (χ1v) is 5.73. The molecule has 15 heavy (non-hydrogen) atoms. The van der Waals surface area contributed by atoms with Crippen LogP contribution in [0.2, 0.25) is 0 Å². The number of nitrogens with two attached hydrogens (primary N) is 1. The largest absolute Gasteiger partial charge is 0.486 e. The number of rotatable bonds is 0. The Bertz CT molecular complexity index is 411. The molecule has 80 valence electrons. The number of benzene rings is 1. The van der Waals surface area contributed by atoms with Gasteiger partial charge in [-0.25, -0.2) is 0 Å². The molecule has 0 radical (unpaired) electrons. The predicted octanol–water partition coefficient (Wildman–Crippen LogP) is 1.24. The average molecular weight is 224 g/mol. The van der Waals surface area contributed by atoms with Crippen molar-refractivity contribution in [2.24, 2.45) is 5.73 Å². The van der Waals surface area contributed by atoms with Gasteiger partial charge in [-0.3, -0.25) is 0 Å². The molecule has 1 aromatic rings. The molecular weight excluding hydrogens is 212 g/mol. The van der Waals surface area contributed by atoms with E-state index in [0.717, 1.165) is 22.1 Å². The van der Waals surface area contributed by atoms with E-state index >= 15 is 0 Å². The molecule has 0 amide bonds. The summed E-state index contributed by atoms with van der Waals surface area (Å²) in [6.45, 7) is 1.23. The number of hydrogen-bond acceptors (Lipinski definition) is 5. The molecule has 2 N–H and O–H groups in total. The molecule has 1 aromatic carbocycles. The van der Waals surface area contributed by atoms with E-state index in [1.165, 1.54) is 0 Å². The Hall–Kier alpha value is -1.07. The van der Waals surface area contributed by atoms with Crippen LogP contribution in [-0.4, -0.2) is 25.8 Å². The van der Waals surface area contributed by atoms with Crippen molar-refractivity contribution in [1.29, 1.82) is 0 Å². The number of hydrogen-bond donors (Lipinski definition) is 1. The summed E-state index contributed by atoms with van der Waals surface area (Å²) in [5.41, 5.74) is 6.98. The summed E-state index contributed by atoms with van der Waals surface area (Å²) in [5.74, 6) is 1.66. The van der Waals surface area contributed by atoms with Gasteiger partial charge in [0.25, 0.3) is 0 Å². The Morgan fingerprint density at radius 3 is 3.07 bits per heavy atom. The van der Waals surface area contributed by atoms with Gasteiger partial charge in [-0.05, 0) is 12.1 Å². The molecule has 4 nitrogen and oxygen atoms in total. The van der Waals surface area contributed by atoms with Gasteiger partial charge in [-0.2, -0.15) is 0 Å². The van der Waals surface area contributed by atoms with Gasteiger partial charge in [0.2, 0.25) is 0 Å². The van der Waals surface area contributed by atoms with E-state index in [2.05, 4.69) is 0 Å². The fourth-order valence-corrected chi connectivity index (χ4v) is 2.87. The van der Waals surface area contributed by atoms with Crippen LogP contribution in [-0.2, 0) is 0 Å². The topological polar surface area (TPSA) is 47.7 Å². The molecule has 0 saturated carbocycles. The smallest absolute Gasteiger partial charge is 0.185 e. The lowest BCUT2D eigenvalue weighted by atomic mass is 10.2. The van der Waals surface area contributed by atoms with E-state index in [0.29, 0.717) is 13.2 Å². The Labute approximate surface area is 92.3 Å². The summed E-state index contributed by atoms with van der Waals surface area (Å²) >= 11 is 1.64. The minimum Gasteiger partial charge on any atom is -0.486 e. The third-order valence-electron chi connectivity index (χ3n) is 2.63. The van der Waals surface area contributed by atoms with E-state index < -0.39 is 0 Å². The second-order valence-corrected chi connectivity index (χ2v) is 4.71. The van der Waals surface area contributed by atoms with E-state index in [4.69, 9.17) is 15.2 Å². The van der Waals surface area contributed by atoms with E-state index in [1.54, 1.807) is 11.8 Å². The van der Waals surface area contributed by atoms with Gasteiger partial charge in [0, 0.05) is 11.9 Å². The minimum absolute atomic E-state index is 0.0305. The van der Waals surface area contributed by atoms with Crippen LogP contribution in [0.4, 0.5) is 5.69 Å². The molecule has 0 aromatic heterocycles. The number of ether oxygens (including phenoxy) is 2. The highest BCUT2D eigenvalue weighted by atomic mass is 32.2. The Balaban J connectivity index is 2.15. The Morgan fingerprint density at radius 1 is 1.40 bits per heavy atom. The summed E-state index contributed by atoms with van der Waals surface area (Å²) < 4.78 is 11.2. The zero-order valence-corrected chi connectivity index (χ0v) is 9.21. The second kappa shape index (κ2) is 3.21. The third-order valence-corrected chi connectivity index (χ3v) is 3.77. The second-order valence-electron chi connectivity index (χ2n) is 3.56. The summed E-state index contributed by atoms with van der Waals surface area (Å²) in [5, 5.41) is 0. The zero-order valence-electron chi connectivity index (χ0n) is 8.40. The van der Waals surface area contributed by atoms with Crippen LogP contribution < -0.4 is 20.1 Å². The molecule has 2 heterocycles.